The normalized spacial score (nSPS) is 17.1. The molecule has 1 aliphatic rings. The predicted octanol–water partition coefficient (Wildman–Crippen LogP) is 2.68. The third-order valence-electron chi connectivity index (χ3n) is 4.99. The molecular formula is C19H30N4. The van der Waals surface area contributed by atoms with E-state index in [-0.39, 0.29) is 0 Å². The van der Waals surface area contributed by atoms with Gasteiger partial charge in [-0.2, -0.15) is 0 Å². The molecule has 0 radical (unpaired) electrons. The summed E-state index contributed by atoms with van der Waals surface area (Å²) in [4.78, 5) is 8.44. The quantitative estimate of drug-likeness (QED) is 0.735. The van der Waals surface area contributed by atoms with E-state index in [4.69, 9.17) is 0 Å². The van der Waals surface area contributed by atoms with Gasteiger partial charge in [-0.1, -0.05) is 19.1 Å². The molecule has 1 aromatic heterocycles. The molecule has 2 N–H and O–H groups in total. The van der Waals surface area contributed by atoms with Crippen LogP contribution in [0.3, 0.4) is 0 Å². The number of H-pyrrole nitrogens is 1. The van der Waals surface area contributed by atoms with Gasteiger partial charge in [0.25, 0.3) is 0 Å². The van der Waals surface area contributed by atoms with E-state index < -0.39 is 0 Å². The topological polar surface area (TPSA) is 34.3 Å². The number of nitrogens with one attached hydrogen (secondary N) is 2. The summed E-state index contributed by atoms with van der Waals surface area (Å²) in [7, 11) is 0. The fourth-order valence-electron chi connectivity index (χ4n) is 3.44. The Bertz CT molecular complexity index is 584. The van der Waals surface area contributed by atoms with Gasteiger partial charge in [-0.3, -0.25) is 0 Å². The highest BCUT2D eigenvalue weighted by Gasteiger charge is 2.14. The van der Waals surface area contributed by atoms with E-state index in [1.54, 1.807) is 0 Å². The van der Waals surface area contributed by atoms with Gasteiger partial charge in [0.1, 0.15) is 0 Å². The lowest BCUT2D eigenvalue weighted by molar-refractivity contribution is 0.135. The van der Waals surface area contributed by atoms with E-state index in [0.29, 0.717) is 0 Å². The number of fused-ring (bicyclic) bond motifs is 1. The Morgan fingerprint density at radius 1 is 1.04 bits per heavy atom. The van der Waals surface area contributed by atoms with Gasteiger partial charge in [-0.25, -0.2) is 0 Å². The Hall–Kier alpha value is -1.36. The number of aromatic amines is 1. The number of piperazine rings is 1. The Morgan fingerprint density at radius 2 is 1.87 bits per heavy atom. The number of rotatable bonds is 8. The van der Waals surface area contributed by atoms with Crippen LogP contribution in [0.5, 0.6) is 0 Å². The van der Waals surface area contributed by atoms with Crippen molar-refractivity contribution in [1.82, 2.24) is 20.1 Å². The molecule has 1 saturated heterocycles. The summed E-state index contributed by atoms with van der Waals surface area (Å²) in [5.74, 6) is 0. The smallest absolute Gasteiger partial charge is 0.0457 e. The Morgan fingerprint density at radius 3 is 2.70 bits per heavy atom. The number of unbranched alkanes of at least 4 members (excludes halogenated alkanes) is 1. The molecule has 0 spiro atoms. The van der Waals surface area contributed by atoms with Crippen LogP contribution in [-0.2, 0) is 6.54 Å². The number of hydrogen-bond donors (Lipinski definition) is 2. The lowest BCUT2D eigenvalue weighted by Crippen LogP contribution is -2.46. The van der Waals surface area contributed by atoms with E-state index in [1.165, 1.54) is 68.6 Å². The van der Waals surface area contributed by atoms with Crippen LogP contribution in [0.15, 0.2) is 30.5 Å². The average molecular weight is 314 g/mol. The molecule has 4 heteroatoms. The molecule has 2 heterocycles. The van der Waals surface area contributed by atoms with Crippen LogP contribution in [0.4, 0.5) is 0 Å². The van der Waals surface area contributed by atoms with Gasteiger partial charge in [-0.05, 0) is 50.2 Å². The maximum absolute atomic E-state index is 3.60. The van der Waals surface area contributed by atoms with Crippen molar-refractivity contribution in [3.8, 4) is 0 Å². The molecule has 0 amide bonds. The van der Waals surface area contributed by atoms with Crippen molar-refractivity contribution in [2.24, 2.45) is 0 Å². The first-order chi connectivity index (χ1) is 11.4. The van der Waals surface area contributed by atoms with E-state index >= 15 is 0 Å². The fourth-order valence-corrected chi connectivity index (χ4v) is 3.44. The van der Waals surface area contributed by atoms with Crippen molar-refractivity contribution in [1.29, 1.82) is 0 Å². The van der Waals surface area contributed by atoms with Gasteiger partial charge < -0.3 is 20.1 Å². The Kier molecular flexibility index (Phi) is 6.08. The van der Waals surface area contributed by atoms with Gasteiger partial charge in [-0.15, -0.1) is 0 Å². The molecule has 23 heavy (non-hydrogen) atoms. The molecule has 0 atom stereocenters. The summed E-state index contributed by atoms with van der Waals surface area (Å²) in [6, 6.07) is 8.65. The van der Waals surface area contributed by atoms with Crippen molar-refractivity contribution < 1.29 is 0 Å². The van der Waals surface area contributed by atoms with Crippen LogP contribution in [0.1, 0.15) is 25.3 Å². The van der Waals surface area contributed by atoms with Crippen molar-refractivity contribution in [2.75, 3.05) is 45.8 Å². The molecule has 3 rings (SSSR count). The summed E-state index contributed by atoms with van der Waals surface area (Å²) >= 11 is 0. The van der Waals surface area contributed by atoms with E-state index in [0.717, 1.165) is 13.1 Å². The molecule has 126 valence electrons. The highest BCUT2D eigenvalue weighted by molar-refractivity contribution is 5.82. The summed E-state index contributed by atoms with van der Waals surface area (Å²) < 4.78 is 0. The minimum absolute atomic E-state index is 0.963. The second-order valence-electron chi connectivity index (χ2n) is 6.52. The molecule has 0 aliphatic carbocycles. The second-order valence-corrected chi connectivity index (χ2v) is 6.52. The van der Waals surface area contributed by atoms with Gasteiger partial charge >= 0.3 is 0 Å². The zero-order chi connectivity index (χ0) is 15.9. The fraction of sp³-hybridized carbons (Fsp3) is 0.579. The third-order valence-corrected chi connectivity index (χ3v) is 4.99. The molecule has 1 fully saturated rings. The van der Waals surface area contributed by atoms with Gasteiger partial charge in [0, 0.05) is 49.8 Å². The first-order valence-corrected chi connectivity index (χ1v) is 9.07. The lowest BCUT2D eigenvalue weighted by Gasteiger charge is -2.33. The van der Waals surface area contributed by atoms with Gasteiger partial charge in [0.05, 0.1) is 0 Å². The minimum Gasteiger partial charge on any atom is -0.361 e. The molecular weight excluding hydrogens is 284 g/mol. The number of benzene rings is 1. The number of hydrogen-bond acceptors (Lipinski definition) is 3. The maximum Gasteiger partial charge on any atom is 0.0457 e. The lowest BCUT2D eigenvalue weighted by atomic mass is 10.1. The molecule has 2 aromatic rings. The van der Waals surface area contributed by atoms with Crippen LogP contribution < -0.4 is 5.32 Å². The van der Waals surface area contributed by atoms with Gasteiger partial charge in [0.15, 0.2) is 0 Å². The first-order valence-electron chi connectivity index (χ1n) is 9.07. The first kappa shape index (κ1) is 16.5. The highest BCUT2D eigenvalue weighted by atomic mass is 15.3. The highest BCUT2D eigenvalue weighted by Crippen LogP contribution is 2.16. The SMILES string of the molecule is CCN1CCN(CCCCNCc2cccc3[nH]ccc23)CC1. The van der Waals surface area contributed by atoms with Crippen molar-refractivity contribution in [2.45, 2.75) is 26.3 Å². The van der Waals surface area contributed by atoms with Crippen molar-refractivity contribution in [3.63, 3.8) is 0 Å². The van der Waals surface area contributed by atoms with E-state index in [1.807, 2.05) is 6.20 Å². The zero-order valence-corrected chi connectivity index (χ0v) is 14.4. The number of aromatic nitrogens is 1. The monoisotopic (exact) mass is 314 g/mol. The Labute approximate surface area is 139 Å². The average Bonchev–Trinajstić information content (AvgIpc) is 3.08. The number of likely N-dealkylation sites (N-methyl/N-ethyl adjacent to an activating group) is 1. The van der Waals surface area contributed by atoms with Crippen LogP contribution in [0, 0.1) is 0 Å². The molecule has 1 aliphatic heterocycles. The van der Waals surface area contributed by atoms with E-state index in [9.17, 15) is 0 Å². The predicted molar refractivity (Wildman–Crippen MR) is 97.8 cm³/mol. The van der Waals surface area contributed by atoms with Gasteiger partial charge in [0.2, 0.25) is 0 Å². The molecule has 0 unspecified atom stereocenters. The largest absolute Gasteiger partial charge is 0.361 e. The van der Waals surface area contributed by atoms with Crippen LogP contribution in [-0.4, -0.2) is 60.6 Å². The maximum atomic E-state index is 3.60. The van der Waals surface area contributed by atoms with Crippen LogP contribution in [0.25, 0.3) is 10.9 Å². The standard InChI is InChI=1S/C19H30N4/c1-2-22-12-14-23(15-13-22)11-4-3-9-20-16-17-6-5-7-19-18(17)8-10-21-19/h5-8,10,20-21H,2-4,9,11-16H2,1H3. The molecule has 0 bridgehead atoms. The summed E-state index contributed by atoms with van der Waals surface area (Å²) in [5, 5.41) is 4.94. The summed E-state index contributed by atoms with van der Waals surface area (Å²) in [6.45, 7) is 11.8. The summed E-state index contributed by atoms with van der Waals surface area (Å²) in [5.41, 5.74) is 2.62. The molecule has 1 aromatic carbocycles. The van der Waals surface area contributed by atoms with Crippen LogP contribution in [0.2, 0.25) is 0 Å². The van der Waals surface area contributed by atoms with Crippen molar-refractivity contribution in [3.05, 3.63) is 36.0 Å². The number of nitrogens with zero attached hydrogens (tertiary/aromatic N) is 2. The molecule has 4 nitrogen and oxygen atoms in total. The third kappa shape index (κ3) is 4.56. The molecule has 0 saturated carbocycles. The minimum atomic E-state index is 0.963. The zero-order valence-electron chi connectivity index (χ0n) is 14.4. The van der Waals surface area contributed by atoms with Crippen molar-refractivity contribution >= 4 is 10.9 Å². The van der Waals surface area contributed by atoms with Crippen LogP contribution >= 0.6 is 0 Å². The Balaban J connectivity index is 1.30. The second kappa shape index (κ2) is 8.48. The van der Waals surface area contributed by atoms with E-state index in [2.05, 4.69) is 51.3 Å². The summed E-state index contributed by atoms with van der Waals surface area (Å²) in [6.07, 6.45) is 4.58.